The van der Waals surface area contributed by atoms with E-state index in [-0.39, 0.29) is 18.2 Å². The Morgan fingerprint density at radius 3 is 2.44 bits per heavy atom. The number of hydrogen-bond acceptors (Lipinski definition) is 6. The van der Waals surface area contributed by atoms with Crippen molar-refractivity contribution in [3.05, 3.63) is 18.2 Å². The van der Waals surface area contributed by atoms with Gasteiger partial charge >= 0.3 is 0 Å². The van der Waals surface area contributed by atoms with Crippen LogP contribution in [0.1, 0.15) is 19.3 Å². The van der Waals surface area contributed by atoms with E-state index in [2.05, 4.69) is 10.3 Å². The molecule has 1 heterocycles. The van der Waals surface area contributed by atoms with Gasteiger partial charge in [0, 0.05) is 45.1 Å². The second-order valence-electron chi connectivity index (χ2n) is 5.83. The van der Waals surface area contributed by atoms with Crippen molar-refractivity contribution in [2.24, 2.45) is 5.84 Å². The summed E-state index contributed by atoms with van der Waals surface area (Å²) >= 11 is 0. The molecule has 8 nitrogen and oxygen atoms in total. The van der Waals surface area contributed by atoms with Crippen molar-refractivity contribution < 1.29 is 19.1 Å². The van der Waals surface area contributed by atoms with E-state index in [9.17, 15) is 9.59 Å². The molecule has 25 heavy (non-hydrogen) atoms. The Balaban J connectivity index is 1.87. The zero-order chi connectivity index (χ0) is 18.2. The predicted octanol–water partition coefficient (Wildman–Crippen LogP) is 0.513. The van der Waals surface area contributed by atoms with Crippen LogP contribution in [0.2, 0.25) is 0 Å². The molecule has 0 atom stereocenters. The Bertz CT molecular complexity index is 600. The van der Waals surface area contributed by atoms with E-state index in [4.69, 9.17) is 15.3 Å². The van der Waals surface area contributed by atoms with Gasteiger partial charge in [-0.2, -0.15) is 0 Å². The molecule has 0 saturated carbocycles. The van der Waals surface area contributed by atoms with Crippen molar-refractivity contribution in [2.45, 2.75) is 19.3 Å². The SMILES string of the molecule is COc1ccc(N2CCN(C(=O)CCCC(=O)NN)CC2)c(OC)c1. The highest BCUT2D eigenvalue weighted by Gasteiger charge is 2.23. The zero-order valence-electron chi connectivity index (χ0n) is 14.8. The summed E-state index contributed by atoms with van der Waals surface area (Å²) < 4.78 is 10.7. The van der Waals surface area contributed by atoms with Crippen LogP contribution in [0.4, 0.5) is 5.69 Å². The summed E-state index contributed by atoms with van der Waals surface area (Å²) in [6.07, 6.45) is 1.14. The second-order valence-corrected chi connectivity index (χ2v) is 5.83. The molecule has 0 spiro atoms. The second kappa shape index (κ2) is 9.12. The van der Waals surface area contributed by atoms with Gasteiger partial charge in [-0.1, -0.05) is 0 Å². The monoisotopic (exact) mass is 350 g/mol. The fraction of sp³-hybridized carbons (Fsp3) is 0.529. The summed E-state index contributed by atoms with van der Waals surface area (Å²) in [5.74, 6) is 6.36. The Kier molecular flexibility index (Phi) is 6.88. The highest BCUT2D eigenvalue weighted by atomic mass is 16.5. The summed E-state index contributed by atoms with van der Waals surface area (Å²) in [5.41, 5.74) is 3.07. The fourth-order valence-corrected chi connectivity index (χ4v) is 2.87. The number of hydrazine groups is 1. The number of benzene rings is 1. The molecule has 1 fully saturated rings. The molecular weight excluding hydrogens is 324 g/mol. The molecule has 138 valence electrons. The van der Waals surface area contributed by atoms with E-state index in [1.807, 2.05) is 23.1 Å². The lowest BCUT2D eigenvalue weighted by atomic mass is 10.2. The van der Waals surface area contributed by atoms with Crippen molar-refractivity contribution in [1.82, 2.24) is 10.3 Å². The number of anilines is 1. The Morgan fingerprint density at radius 2 is 1.84 bits per heavy atom. The maximum Gasteiger partial charge on any atom is 0.233 e. The number of nitrogens with two attached hydrogens (primary N) is 1. The molecule has 2 amide bonds. The Morgan fingerprint density at radius 1 is 1.12 bits per heavy atom. The van der Waals surface area contributed by atoms with Crippen LogP contribution in [0.25, 0.3) is 0 Å². The summed E-state index contributed by atoms with van der Waals surface area (Å²) in [6, 6.07) is 5.73. The van der Waals surface area contributed by atoms with Crippen LogP contribution < -0.4 is 25.6 Å². The number of carbonyl (C=O) groups excluding carboxylic acids is 2. The van der Waals surface area contributed by atoms with Crippen LogP contribution in [0.15, 0.2) is 18.2 Å². The van der Waals surface area contributed by atoms with E-state index in [1.165, 1.54) is 0 Å². The number of rotatable bonds is 7. The molecule has 0 aromatic heterocycles. The first-order valence-corrected chi connectivity index (χ1v) is 8.33. The number of carbonyl (C=O) groups is 2. The van der Waals surface area contributed by atoms with Crippen molar-refractivity contribution in [3.8, 4) is 11.5 Å². The van der Waals surface area contributed by atoms with E-state index in [0.717, 1.165) is 30.3 Å². The number of piperazine rings is 1. The van der Waals surface area contributed by atoms with E-state index in [1.54, 1.807) is 14.2 Å². The van der Waals surface area contributed by atoms with Crippen molar-refractivity contribution >= 4 is 17.5 Å². The lowest BCUT2D eigenvalue weighted by Crippen LogP contribution is -2.48. The molecule has 1 saturated heterocycles. The van der Waals surface area contributed by atoms with Crippen LogP contribution >= 0.6 is 0 Å². The maximum atomic E-state index is 12.2. The van der Waals surface area contributed by atoms with Gasteiger partial charge in [-0.3, -0.25) is 15.0 Å². The summed E-state index contributed by atoms with van der Waals surface area (Å²) in [4.78, 5) is 27.3. The van der Waals surface area contributed by atoms with Crippen molar-refractivity contribution in [1.29, 1.82) is 0 Å². The van der Waals surface area contributed by atoms with Crippen LogP contribution in [0.3, 0.4) is 0 Å². The van der Waals surface area contributed by atoms with Gasteiger partial charge in [-0.15, -0.1) is 0 Å². The molecule has 0 bridgehead atoms. The maximum absolute atomic E-state index is 12.2. The molecular formula is C17H26N4O4. The molecule has 8 heteroatoms. The first-order chi connectivity index (χ1) is 12.1. The third-order valence-electron chi connectivity index (χ3n) is 4.32. The zero-order valence-corrected chi connectivity index (χ0v) is 14.8. The van der Waals surface area contributed by atoms with Gasteiger partial charge in [0.1, 0.15) is 11.5 Å². The van der Waals surface area contributed by atoms with Gasteiger partial charge in [-0.05, 0) is 18.6 Å². The minimum Gasteiger partial charge on any atom is -0.497 e. The van der Waals surface area contributed by atoms with E-state index >= 15 is 0 Å². The Hall–Kier alpha value is -2.48. The molecule has 1 aliphatic heterocycles. The predicted molar refractivity (Wildman–Crippen MR) is 94.5 cm³/mol. The van der Waals surface area contributed by atoms with Crippen LogP contribution in [0.5, 0.6) is 11.5 Å². The van der Waals surface area contributed by atoms with E-state index < -0.39 is 0 Å². The van der Waals surface area contributed by atoms with Crippen molar-refractivity contribution in [3.63, 3.8) is 0 Å². The van der Waals surface area contributed by atoms with Crippen LogP contribution in [-0.4, -0.2) is 57.1 Å². The van der Waals surface area contributed by atoms with Gasteiger partial charge in [0.25, 0.3) is 0 Å². The minimum absolute atomic E-state index is 0.0752. The van der Waals surface area contributed by atoms with Gasteiger partial charge in [0.15, 0.2) is 0 Å². The molecule has 1 aromatic carbocycles. The standard InChI is InChI=1S/C17H26N4O4/c1-24-13-6-7-14(15(12-13)25-2)20-8-10-21(11-9-20)17(23)5-3-4-16(22)19-18/h6-7,12H,3-5,8-11,18H2,1-2H3,(H,19,22). The number of nitrogens with zero attached hydrogens (tertiary/aromatic N) is 2. The van der Waals surface area contributed by atoms with Gasteiger partial charge in [0.2, 0.25) is 11.8 Å². The molecule has 0 unspecified atom stereocenters. The quantitative estimate of drug-likeness (QED) is 0.423. The molecule has 0 radical (unpaired) electrons. The molecule has 2 rings (SSSR count). The molecule has 0 aliphatic carbocycles. The molecule has 1 aliphatic rings. The van der Waals surface area contributed by atoms with Crippen LogP contribution in [0, 0.1) is 0 Å². The molecule has 3 N–H and O–H groups in total. The lowest BCUT2D eigenvalue weighted by molar-refractivity contribution is -0.131. The Labute approximate surface area is 147 Å². The normalized spacial score (nSPS) is 14.2. The average molecular weight is 350 g/mol. The minimum atomic E-state index is -0.246. The average Bonchev–Trinajstić information content (AvgIpc) is 2.67. The van der Waals surface area contributed by atoms with Crippen molar-refractivity contribution in [2.75, 3.05) is 45.3 Å². The largest absolute Gasteiger partial charge is 0.497 e. The fourth-order valence-electron chi connectivity index (χ4n) is 2.87. The highest BCUT2D eigenvalue weighted by Crippen LogP contribution is 2.32. The number of amides is 2. The number of ether oxygens (including phenoxy) is 2. The highest BCUT2D eigenvalue weighted by molar-refractivity contribution is 5.79. The van der Waals surface area contributed by atoms with Gasteiger partial charge < -0.3 is 19.3 Å². The topological polar surface area (TPSA) is 97.1 Å². The van der Waals surface area contributed by atoms with E-state index in [0.29, 0.717) is 25.9 Å². The smallest absolute Gasteiger partial charge is 0.233 e. The third kappa shape index (κ3) is 4.99. The van der Waals surface area contributed by atoms with Crippen LogP contribution in [-0.2, 0) is 9.59 Å². The van der Waals surface area contributed by atoms with Gasteiger partial charge in [-0.25, -0.2) is 5.84 Å². The third-order valence-corrected chi connectivity index (χ3v) is 4.32. The number of hydrogen-bond donors (Lipinski definition) is 2. The summed E-state index contributed by atoms with van der Waals surface area (Å²) in [6.45, 7) is 2.77. The summed E-state index contributed by atoms with van der Waals surface area (Å²) in [7, 11) is 3.26. The first kappa shape index (κ1) is 18.9. The van der Waals surface area contributed by atoms with Gasteiger partial charge in [0.05, 0.1) is 19.9 Å². The lowest BCUT2D eigenvalue weighted by Gasteiger charge is -2.36. The molecule has 1 aromatic rings. The summed E-state index contributed by atoms with van der Waals surface area (Å²) in [5, 5.41) is 0. The number of nitrogens with one attached hydrogen (secondary N) is 1. The first-order valence-electron chi connectivity index (χ1n) is 8.33. The number of methoxy groups -OCH3 is 2.